The average Bonchev–Trinajstić information content (AvgIpc) is 3.47. The molecule has 0 atom stereocenters. The molecule has 1 aliphatic carbocycles. The Morgan fingerprint density at radius 1 is 1.13 bits per heavy atom. The van der Waals surface area contributed by atoms with Crippen molar-refractivity contribution in [1.29, 1.82) is 0 Å². The van der Waals surface area contributed by atoms with Crippen molar-refractivity contribution < 1.29 is 40.3 Å². The van der Waals surface area contributed by atoms with E-state index in [1.165, 1.54) is 13.0 Å². The highest BCUT2D eigenvalue weighted by molar-refractivity contribution is 7.21. The van der Waals surface area contributed by atoms with Crippen LogP contribution in [-0.4, -0.2) is 37.6 Å². The Labute approximate surface area is 211 Å². The van der Waals surface area contributed by atoms with Gasteiger partial charge in [-0.3, -0.25) is 9.59 Å². The SMILES string of the molecule is Cc1cc(C(F)(F)C(F)(F)F)n2nc(C(=O)Nc3c(C(N)=O)sc4nc(C(F)F)cc(C5CC5)c34)cc2n1. The molecule has 0 radical (unpaired) electrons. The number of pyridine rings is 1. The fourth-order valence-electron chi connectivity index (χ4n) is 4.03. The van der Waals surface area contributed by atoms with Gasteiger partial charge in [0.2, 0.25) is 0 Å². The first-order valence-corrected chi connectivity index (χ1v) is 11.7. The summed E-state index contributed by atoms with van der Waals surface area (Å²) in [5, 5.41) is 6.22. The molecule has 0 aromatic carbocycles. The molecule has 0 bridgehead atoms. The van der Waals surface area contributed by atoms with E-state index < -0.39 is 53.1 Å². The number of nitrogens with zero attached hydrogens (tertiary/aromatic N) is 4. The number of nitrogens with one attached hydrogen (secondary N) is 1. The van der Waals surface area contributed by atoms with Crippen molar-refractivity contribution in [3.63, 3.8) is 0 Å². The molecule has 8 nitrogen and oxygen atoms in total. The molecule has 0 saturated heterocycles. The third-order valence-electron chi connectivity index (χ3n) is 5.88. The standard InChI is InChI=1S/C22H15F7N6O2S/c1-7-4-12(21(25,26)22(27,28)29)35-13(31-7)6-11(34-35)19(37)33-15-14-9(8-2-3-8)5-10(17(23)24)32-20(14)38-16(15)18(30)36/h4-6,8,17H,2-3H2,1H3,(H2,30,36)(H,33,37). The van der Waals surface area contributed by atoms with Crippen LogP contribution in [0.25, 0.3) is 15.9 Å². The van der Waals surface area contributed by atoms with E-state index in [0.29, 0.717) is 35.8 Å². The highest BCUT2D eigenvalue weighted by atomic mass is 32.1. The first-order valence-electron chi connectivity index (χ1n) is 10.9. The average molecular weight is 560 g/mol. The number of anilines is 1. The van der Waals surface area contributed by atoms with Crippen LogP contribution in [0.4, 0.5) is 36.4 Å². The number of thiophene rings is 1. The molecule has 0 unspecified atom stereocenters. The number of amides is 2. The third kappa shape index (κ3) is 4.21. The molecule has 3 N–H and O–H groups in total. The number of primary amides is 1. The Kier molecular flexibility index (Phi) is 5.85. The molecule has 2 amide bonds. The highest BCUT2D eigenvalue weighted by Gasteiger charge is 2.60. The van der Waals surface area contributed by atoms with E-state index in [1.54, 1.807) is 0 Å². The van der Waals surface area contributed by atoms with Crippen LogP contribution in [0.3, 0.4) is 0 Å². The minimum atomic E-state index is -5.95. The minimum Gasteiger partial charge on any atom is -0.365 e. The molecule has 38 heavy (non-hydrogen) atoms. The second kappa shape index (κ2) is 8.61. The van der Waals surface area contributed by atoms with Crippen LogP contribution in [-0.2, 0) is 5.92 Å². The molecule has 1 saturated carbocycles. The lowest BCUT2D eigenvalue weighted by Crippen LogP contribution is -2.36. The Bertz CT molecular complexity index is 1620. The van der Waals surface area contributed by atoms with Crippen LogP contribution < -0.4 is 11.1 Å². The van der Waals surface area contributed by atoms with Gasteiger partial charge < -0.3 is 11.1 Å². The molecule has 0 spiro atoms. The Hall–Kier alpha value is -3.82. The monoisotopic (exact) mass is 560 g/mol. The number of hydrogen-bond acceptors (Lipinski definition) is 6. The molecule has 5 rings (SSSR count). The van der Waals surface area contributed by atoms with E-state index in [-0.39, 0.29) is 36.9 Å². The van der Waals surface area contributed by atoms with Crippen LogP contribution in [0.2, 0.25) is 0 Å². The fourth-order valence-corrected chi connectivity index (χ4v) is 5.05. The van der Waals surface area contributed by atoms with Gasteiger partial charge in [0.25, 0.3) is 18.2 Å². The maximum atomic E-state index is 14.2. The van der Waals surface area contributed by atoms with Crippen molar-refractivity contribution >= 4 is 44.7 Å². The molecule has 0 aliphatic heterocycles. The molecular formula is C22H15F7N6O2S. The first-order chi connectivity index (χ1) is 17.7. The lowest BCUT2D eigenvalue weighted by Gasteiger charge is -2.20. The summed E-state index contributed by atoms with van der Waals surface area (Å²) in [4.78, 5) is 32.8. The van der Waals surface area contributed by atoms with Gasteiger partial charge in [-0.2, -0.15) is 27.1 Å². The van der Waals surface area contributed by atoms with Gasteiger partial charge in [-0.1, -0.05) is 0 Å². The van der Waals surface area contributed by atoms with Crippen LogP contribution in [0.15, 0.2) is 18.2 Å². The Balaban J connectivity index is 1.62. The summed E-state index contributed by atoms with van der Waals surface area (Å²) in [5.41, 5.74) is 2.42. The van der Waals surface area contributed by atoms with E-state index in [1.807, 2.05) is 0 Å². The zero-order valence-corrected chi connectivity index (χ0v) is 19.9. The van der Waals surface area contributed by atoms with Crippen LogP contribution >= 0.6 is 11.3 Å². The van der Waals surface area contributed by atoms with Crippen molar-refractivity contribution in [1.82, 2.24) is 19.6 Å². The predicted molar refractivity (Wildman–Crippen MR) is 121 cm³/mol. The zero-order valence-electron chi connectivity index (χ0n) is 19.0. The molecule has 200 valence electrons. The maximum absolute atomic E-state index is 14.2. The lowest BCUT2D eigenvalue weighted by atomic mass is 10.0. The number of rotatable bonds is 6. The van der Waals surface area contributed by atoms with Crippen LogP contribution in [0.5, 0.6) is 0 Å². The van der Waals surface area contributed by atoms with Gasteiger partial charge in [-0.25, -0.2) is 23.3 Å². The summed E-state index contributed by atoms with van der Waals surface area (Å²) < 4.78 is 94.6. The van der Waals surface area contributed by atoms with Crippen molar-refractivity contribution in [3.8, 4) is 0 Å². The second-order valence-electron chi connectivity index (χ2n) is 8.67. The van der Waals surface area contributed by atoms with Crippen molar-refractivity contribution in [2.24, 2.45) is 5.73 Å². The first kappa shape index (κ1) is 25.8. The number of halogens is 7. The van der Waals surface area contributed by atoms with E-state index in [0.717, 1.165) is 6.07 Å². The van der Waals surface area contributed by atoms with Gasteiger partial charge in [0.1, 0.15) is 21.1 Å². The minimum absolute atomic E-state index is 0.0215. The highest BCUT2D eigenvalue weighted by Crippen LogP contribution is 2.48. The second-order valence-corrected chi connectivity index (χ2v) is 9.67. The smallest absolute Gasteiger partial charge is 0.365 e. The molecule has 16 heteroatoms. The quantitative estimate of drug-likeness (QED) is 0.304. The summed E-state index contributed by atoms with van der Waals surface area (Å²) in [5.74, 6) is -7.52. The summed E-state index contributed by atoms with van der Waals surface area (Å²) >= 11 is 0.680. The van der Waals surface area contributed by atoms with E-state index in [4.69, 9.17) is 5.73 Å². The van der Waals surface area contributed by atoms with E-state index in [2.05, 4.69) is 20.4 Å². The zero-order chi connectivity index (χ0) is 27.7. The fraction of sp³-hybridized carbons (Fsp3) is 0.318. The van der Waals surface area contributed by atoms with Gasteiger partial charge in [-0.05, 0) is 43.4 Å². The van der Waals surface area contributed by atoms with Gasteiger partial charge in [0.15, 0.2) is 11.3 Å². The normalized spacial score (nSPS) is 14.6. The van der Waals surface area contributed by atoms with Crippen LogP contribution in [0, 0.1) is 6.92 Å². The largest absolute Gasteiger partial charge is 0.459 e. The van der Waals surface area contributed by atoms with Gasteiger partial charge >= 0.3 is 12.1 Å². The molecule has 1 fully saturated rings. The number of aromatic nitrogens is 4. The summed E-state index contributed by atoms with van der Waals surface area (Å²) in [6.45, 7) is 1.19. The van der Waals surface area contributed by atoms with Crippen molar-refractivity contribution in [2.45, 2.75) is 44.2 Å². The van der Waals surface area contributed by atoms with Crippen molar-refractivity contribution in [3.05, 3.63) is 51.4 Å². The summed E-state index contributed by atoms with van der Waals surface area (Å²) in [6.07, 6.45) is -7.50. The molecule has 4 aromatic rings. The Morgan fingerprint density at radius 2 is 1.82 bits per heavy atom. The number of alkyl halides is 7. The van der Waals surface area contributed by atoms with E-state index >= 15 is 0 Å². The Morgan fingerprint density at radius 3 is 2.39 bits per heavy atom. The number of carbonyl (C=O) groups excluding carboxylic acids is 2. The van der Waals surface area contributed by atoms with Gasteiger partial charge in [-0.15, -0.1) is 11.3 Å². The lowest BCUT2D eigenvalue weighted by molar-refractivity contribution is -0.291. The number of nitrogens with two attached hydrogens (primary N) is 1. The number of aryl methyl sites for hydroxylation is 1. The number of hydrogen-bond donors (Lipinski definition) is 2. The molecular weight excluding hydrogens is 545 g/mol. The van der Waals surface area contributed by atoms with Gasteiger partial charge in [0, 0.05) is 17.1 Å². The third-order valence-corrected chi connectivity index (χ3v) is 6.98. The van der Waals surface area contributed by atoms with Crippen LogP contribution in [0.1, 0.15) is 68.0 Å². The molecule has 4 heterocycles. The predicted octanol–water partition coefficient (Wildman–Crippen LogP) is 5.47. The van der Waals surface area contributed by atoms with Gasteiger partial charge in [0.05, 0.1) is 5.69 Å². The van der Waals surface area contributed by atoms with Crippen molar-refractivity contribution in [2.75, 3.05) is 5.32 Å². The summed E-state index contributed by atoms with van der Waals surface area (Å²) in [7, 11) is 0. The number of fused-ring (bicyclic) bond motifs is 2. The number of carbonyl (C=O) groups is 2. The topological polar surface area (TPSA) is 115 Å². The molecule has 4 aromatic heterocycles. The summed E-state index contributed by atoms with van der Waals surface area (Å²) in [6, 6.07) is 2.58. The van der Waals surface area contributed by atoms with E-state index in [9.17, 15) is 40.3 Å². The maximum Gasteiger partial charge on any atom is 0.459 e. The molecule has 1 aliphatic rings.